The number of halogens is 1. The molecule has 0 aliphatic heterocycles. The second-order valence-corrected chi connectivity index (χ2v) is 16.1. The van der Waals surface area contributed by atoms with Crippen LogP contribution in [-0.4, -0.2) is 14.2 Å². The van der Waals surface area contributed by atoms with Gasteiger partial charge in [0.25, 0.3) is 0 Å². The molecule has 138 valence electrons. The summed E-state index contributed by atoms with van der Waals surface area (Å²) in [6.45, 7) is 7.27. The molecular weight excluding hydrogens is 427 g/mol. The maximum Gasteiger partial charge on any atom is 0.133 e. The zero-order valence-corrected chi connectivity index (χ0v) is 19.7. The van der Waals surface area contributed by atoms with Crippen LogP contribution in [0.1, 0.15) is 0 Å². The molecule has 0 N–H and O–H groups in total. The molecule has 27 heavy (non-hydrogen) atoms. The highest BCUT2D eigenvalue weighted by Crippen LogP contribution is 2.54. The lowest BCUT2D eigenvalue weighted by Crippen LogP contribution is -3.00. The van der Waals surface area contributed by atoms with E-state index in [9.17, 15) is 0 Å². The molecule has 0 heterocycles. The van der Waals surface area contributed by atoms with E-state index in [0.717, 1.165) is 6.16 Å². The smallest absolute Gasteiger partial charge is 0.133 e. The molecule has 0 aromatic heterocycles. The molecule has 0 spiro atoms. The lowest BCUT2D eigenvalue weighted by Gasteiger charge is -2.30. The summed E-state index contributed by atoms with van der Waals surface area (Å²) in [6.07, 6.45) is 6.73. The van der Waals surface area contributed by atoms with Crippen LogP contribution in [0.2, 0.25) is 19.6 Å². The zero-order chi connectivity index (χ0) is 18.6. The van der Waals surface area contributed by atoms with Crippen LogP contribution in [0.4, 0.5) is 0 Å². The minimum Gasteiger partial charge on any atom is -1.00 e. The molecular formula is C24H26BrPSi. The molecule has 0 saturated carbocycles. The summed E-state index contributed by atoms with van der Waals surface area (Å²) in [5, 5.41) is 5.73. The van der Waals surface area contributed by atoms with Gasteiger partial charge in [0.05, 0.1) is 8.07 Å². The molecule has 0 bridgehead atoms. The van der Waals surface area contributed by atoms with E-state index in [2.05, 4.69) is 110 Å². The average molecular weight is 453 g/mol. The number of rotatable bonds is 5. The van der Waals surface area contributed by atoms with Gasteiger partial charge in [0.2, 0.25) is 0 Å². The van der Waals surface area contributed by atoms with Crippen LogP contribution in [0.25, 0.3) is 0 Å². The minimum absolute atomic E-state index is 0. The number of benzene rings is 3. The molecule has 3 rings (SSSR count). The van der Waals surface area contributed by atoms with Crippen LogP contribution in [0.15, 0.2) is 84.9 Å². The van der Waals surface area contributed by atoms with Gasteiger partial charge in [0.15, 0.2) is 0 Å². The van der Waals surface area contributed by atoms with Crippen LogP contribution < -0.4 is 38.1 Å². The predicted molar refractivity (Wildman–Crippen MR) is 122 cm³/mol. The van der Waals surface area contributed by atoms with Gasteiger partial charge in [0, 0.05) is 0 Å². The predicted octanol–water partition coefficient (Wildman–Crippen LogP) is 1.16. The largest absolute Gasteiger partial charge is 1.00 e. The number of hydrogen-bond donors (Lipinski definition) is 0. The van der Waals surface area contributed by atoms with Crippen molar-refractivity contribution in [2.24, 2.45) is 0 Å². The quantitative estimate of drug-likeness (QED) is 0.309. The van der Waals surface area contributed by atoms with Crippen LogP contribution in [-0.2, 0) is 0 Å². The first kappa shape index (κ1) is 21.6. The number of hydrogen-bond acceptors (Lipinski definition) is 0. The third kappa shape index (κ3) is 4.27. The average Bonchev–Trinajstić information content (AvgIpc) is 2.67. The monoisotopic (exact) mass is 452 g/mol. The van der Waals surface area contributed by atoms with E-state index in [0.29, 0.717) is 0 Å². The van der Waals surface area contributed by atoms with E-state index in [1.165, 1.54) is 21.1 Å². The first-order valence-corrected chi connectivity index (χ1v) is 14.5. The van der Waals surface area contributed by atoms with E-state index >= 15 is 0 Å². The summed E-state index contributed by atoms with van der Waals surface area (Å²) in [4.78, 5) is 0. The van der Waals surface area contributed by atoms with E-state index in [-0.39, 0.29) is 17.0 Å². The number of terminal acetylenes is 1. The molecule has 0 radical (unpaired) electrons. The van der Waals surface area contributed by atoms with E-state index in [1.54, 1.807) is 0 Å². The first-order chi connectivity index (χ1) is 12.5. The molecule has 3 aromatic carbocycles. The van der Waals surface area contributed by atoms with E-state index < -0.39 is 15.3 Å². The van der Waals surface area contributed by atoms with Crippen molar-refractivity contribution in [2.75, 3.05) is 6.16 Å². The van der Waals surface area contributed by atoms with Crippen molar-refractivity contribution in [2.45, 2.75) is 19.6 Å². The lowest BCUT2D eigenvalue weighted by atomic mass is 10.3. The van der Waals surface area contributed by atoms with Crippen molar-refractivity contribution < 1.29 is 17.0 Å². The highest BCUT2D eigenvalue weighted by molar-refractivity contribution is 7.96. The molecule has 0 saturated heterocycles. The molecule has 0 amide bonds. The standard InChI is InChI=1S/C24H26PSi.BrH/c1-5-20-25(21-14-8-6-9-15-21,22-16-10-7-11-17-22)23-18-12-13-19-24(23)26(2,3)4;/h1,6-19H,20H2,2-4H3;1H/q+1;/p-1. The van der Waals surface area contributed by atoms with Crippen molar-refractivity contribution in [3.8, 4) is 12.3 Å². The molecule has 0 unspecified atom stereocenters. The van der Waals surface area contributed by atoms with Crippen LogP contribution in [0, 0.1) is 12.3 Å². The van der Waals surface area contributed by atoms with Crippen molar-refractivity contribution in [1.29, 1.82) is 0 Å². The Hall–Kier alpha value is -1.65. The Bertz CT molecular complexity index is 869. The van der Waals surface area contributed by atoms with Gasteiger partial charge in [-0.2, -0.15) is 0 Å². The Morgan fingerprint density at radius 2 is 1.19 bits per heavy atom. The van der Waals surface area contributed by atoms with Crippen LogP contribution >= 0.6 is 7.26 Å². The second kappa shape index (κ2) is 9.02. The zero-order valence-electron chi connectivity index (χ0n) is 16.2. The lowest BCUT2D eigenvalue weighted by molar-refractivity contribution is -0.00000532. The van der Waals surface area contributed by atoms with Gasteiger partial charge in [-0.05, 0) is 35.5 Å². The molecule has 0 fully saturated rings. The Morgan fingerprint density at radius 1 is 0.741 bits per heavy atom. The third-order valence-electron chi connectivity index (χ3n) is 4.85. The summed E-state index contributed by atoms with van der Waals surface area (Å²) in [7, 11) is -3.41. The van der Waals surface area contributed by atoms with Gasteiger partial charge in [0.1, 0.15) is 29.3 Å². The summed E-state index contributed by atoms with van der Waals surface area (Å²) >= 11 is 0. The second-order valence-electron chi connectivity index (χ2n) is 7.61. The summed E-state index contributed by atoms with van der Waals surface area (Å²) in [6, 6.07) is 30.8. The van der Waals surface area contributed by atoms with Crippen LogP contribution in [0.3, 0.4) is 0 Å². The highest BCUT2D eigenvalue weighted by Gasteiger charge is 2.47. The summed E-state index contributed by atoms with van der Waals surface area (Å²) in [5.74, 6) is 3.05. The van der Waals surface area contributed by atoms with E-state index in [4.69, 9.17) is 6.42 Å². The van der Waals surface area contributed by atoms with Crippen molar-refractivity contribution in [3.05, 3.63) is 84.9 Å². The van der Waals surface area contributed by atoms with Gasteiger partial charge >= 0.3 is 0 Å². The fraction of sp³-hybridized carbons (Fsp3) is 0.167. The molecule has 0 aliphatic rings. The Labute approximate surface area is 176 Å². The Kier molecular flexibility index (Phi) is 7.23. The molecule has 0 aliphatic carbocycles. The van der Waals surface area contributed by atoms with Gasteiger partial charge in [-0.15, -0.1) is 6.42 Å². The minimum atomic E-state index is -1.89. The summed E-state index contributed by atoms with van der Waals surface area (Å²) < 4.78 is 0. The van der Waals surface area contributed by atoms with Crippen molar-refractivity contribution in [3.63, 3.8) is 0 Å². The topological polar surface area (TPSA) is 0 Å². The Morgan fingerprint density at radius 3 is 1.63 bits per heavy atom. The van der Waals surface area contributed by atoms with Gasteiger partial charge in [-0.25, -0.2) is 0 Å². The molecule has 3 aromatic rings. The van der Waals surface area contributed by atoms with Crippen molar-refractivity contribution in [1.82, 2.24) is 0 Å². The SMILES string of the molecule is C#CC[P+](c1ccccc1)(c1ccccc1)c1ccccc1[Si](C)(C)C.[Br-]. The fourth-order valence-corrected chi connectivity index (χ4v) is 10.5. The Balaban J connectivity index is 0.00000261. The third-order valence-corrected chi connectivity index (χ3v) is 11.3. The van der Waals surface area contributed by atoms with E-state index in [1.807, 2.05) is 0 Å². The van der Waals surface area contributed by atoms with Crippen LogP contribution in [0.5, 0.6) is 0 Å². The fourth-order valence-electron chi connectivity index (χ4n) is 3.64. The first-order valence-electron chi connectivity index (χ1n) is 9.03. The normalized spacial score (nSPS) is 11.3. The summed E-state index contributed by atoms with van der Waals surface area (Å²) in [5.41, 5.74) is 0. The maximum absolute atomic E-state index is 5.97. The molecule has 0 atom stereocenters. The maximum atomic E-state index is 5.97. The van der Waals surface area contributed by atoms with Crippen molar-refractivity contribution >= 4 is 36.4 Å². The molecule has 0 nitrogen and oxygen atoms in total. The molecule has 3 heteroatoms. The van der Waals surface area contributed by atoms with Gasteiger partial charge < -0.3 is 17.0 Å². The van der Waals surface area contributed by atoms with Gasteiger partial charge in [-0.1, -0.05) is 80.2 Å². The highest BCUT2D eigenvalue weighted by atomic mass is 79.9. The van der Waals surface area contributed by atoms with Gasteiger partial charge in [-0.3, -0.25) is 0 Å².